The molecule has 2 fully saturated rings. The van der Waals surface area contributed by atoms with E-state index in [4.69, 9.17) is 4.74 Å². The molecular weight excluding hydrogens is 230 g/mol. The van der Waals surface area contributed by atoms with E-state index >= 15 is 0 Å². The molecule has 1 aromatic rings. The summed E-state index contributed by atoms with van der Waals surface area (Å²) < 4.78 is 5.65. The lowest BCUT2D eigenvalue weighted by Crippen LogP contribution is -2.36. The number of thiophene rings is 1. The predicted molar refractivity (Wildman–Crippen MR) is 71.5 cm³/mol. The van der Waals surface area contributed by atoms with Gasteiger partial charge in [-0.25, -0.2) is 0 Å². The Labute approximate surface area is 107 Å². The van der Waals surface area contributed by atoms with Crippen LogP contribution < -0.4 is 5.32 Å². The molecule has 3 rings (SSSR count). The van der Waals surface area contributed by atoms with Gasteiger partial charge in [-0.15, -0.1) is 11.3 Å². The van der Waals surface area contributed by atoms with Crippen LogP contribution in [0.25, 0.3) is 0 Å². The minimum absolute atomic E-state index is 0.409. The Hall–Kier alpha value is -0.380. The summed E-state index contributed by atoms with van der Waals surface area (Å²) in [5, 5.41) is 5.87. The molecule has 17 heavy (non-hydrogen) atoms. The van der Waals surface area contributed by atoms with E-state index in [-0.39, 0.29) is 0 Å². The highest BCUT2D eigenvalue weighted by Gasteiger charge is 2.36. The standard InChI is InChI=1S/C14H21NOS/c1-2-13(17-9-1)5-6-14(7-8-16-11-14)10-15-12-3-4-12/h1-2,9,12,15H,3-8,10-11H2. The fraction of sp³-hybridized carbons (Fsp3) is 0.714. The van der Waals surface area contributed by atoms with E-state index < -0.39 is 0 Å². The highest BCUT2D eigenvalue weighted by Crippen LogP contribution is 2.34. The number of ether oxygens (including phenoxy) is 1. The molecule has 1 aromatic heterocycles. The van der Waals surface area contributed by atoms with Gasteiger partial charge in [0.15, 0.2) is 0 Å². The minimum Gasteiger partial charge on any atom is -0.381 e. The Kier molecular flexibility index (Phi) is 3.50. The van der Waals surface area contributed by atoms with E-state index in [9.17, 15) is 0 Å². The normalized spacial score (nSPS) is 28.7. The molecular formula is C14H21NOS. The Bertz CT molecular complexity index is 339. The predicted octanol–water partition coefficient (Wildman–Crippen LogP) is 2.84. The third kappa shape index (κ3) is 3.09. The first-order chi connectivity index (χ1) is 8.36. The van der Waals surface area contributed by atoms with Crippen molar-refractivity contribution in [2.75, 3.05) is 19.8 Å². The second-order valence-corrected chi connectivity index (χ2v) is 6.57. The maximum Gasteiger partial charge on any atom is 0.0535 e. The molecule has 94 valence electrons. The first-order valence-electron chi connectivity index (χ1n) is 6.70. The summed E-state index contributed by atoms with van der Waals surface area (Å²) in [6.07, 6.45) is 6.47. The summed E-state index contributed by atoms with van der Waals surface area (Å²) in [7, 11) is 0. The van der Waals surface area contributed by atoms with Crippen molar-refractivity contribution in [3.8, 4) is 0 Å². The lowest BCUT2D eigenvalue weighted by atomic mass is 9.82. The zero-order valence-corrected chi connectivity index (χ0v) is 11.1. The van der Waals surface area contributed by atoms with Gasteiger partial charge in [-0.3, -0.25) is 0 Å². The zero-order chi connectivity index (χ0) is 11.6. The van der Waals surface area contributed by atoms with Crippen LogP contribution in [0.2, 0.25) is 0 Å². The van der Waals surface area contributed by atoms with Crippen LogP contribution in [0.15, 0.2) is 17.5 Å². The van der Waals surface area contributed by atoms with E-state index in [1.54, 1.807) is 0 Å². The summed E-state index contributed by atoms with van der Waals surface area (Å²) in [5.41, 5.74) is 0.409. The quantitative estimate of drug-likeness (QED) is 0.839. The van der Waals surface area contributed by atoms with E-state index in [0.717, 1.165) is 25.8 Å². The molecule has 2 aliphatic rings. The van der Waals surface area contributed by atoms with Crippen molar-refractivity contribution in [3.63, 3.8) is 0 Å². The number of aryl methyl sites for hydroxylation is 1. The van der Waals surface area contributed by atoms with Gasteiger partial charge in [0, 0.05) is 29.5 Å². The molecule has 1 aliphatic heterocycles. The van der Waals surface area contributed by atoms with Gasteiger partial charge in [0.2, 0.25) is 0 Å². The summed E-state index contributed by atoms with van der Waals surface area (Å²) >= 11 is 1.88. The zero-order valence-electron chi connectivity index (χ0n) is 10.3. The van der Waals surface area contributed by atoms with Crippen LogP contribution in [0.3, 0.4) is 0 Å². The second kappa shape index (κ2) is 5.09. The molecule has 0 radical (unpaired) electrons. The first-order valence-corrected chi connectivity index (χ1v) is 7.58. The van der Waals surface area contributed by atoms with E-state index in [1.165, 1.54) is 37.0 Å². The van der Waals surface area contributed by atoms with Crippen LogP contribution in [0, 0.1) is 5.41 Å². The molecule has 0 amide bonds. The molecule has 1 aliphatic carbocycles. The van der Waals surface area contributed by atoms with Crippen LogP contribution in [-0.2, 0) is 11.2 Å². The highest BCUT2D eigenvalue weighted by molar-refractivity contribution is 7.09. The Morgan fingerprint density at radius 1 is 1.47 bits per heavy atom. The number of rotatable bonds is 6. The summed E-state index contributed by atoms with van der Waals surface area (Å²) in [5.74, 6) is 0. The Balaban J connectivity index is 1.54. The van der Waals surface area contributed by atoms with E-state index in [2.05, 4.69) is 22.8 Å². The molecule has 1 atom stereocenters. The molecule has 2 heterocycles. The van der Waals surface area contributed by atoms with Crippen LogP contribution in [0.1, 0.15) is 30.6 Å². The average Bonchev–Trinajstić information content (AvgIpc) is 2.86. The number of hydrogen-bond acceptors (Lipinski definition) is 3. The molecule has 3 heteroatoms. The molecule has 2 nitrogen and oxygen atoms in total. The van der Waals surface area contributed by atoms with Gasteiger partial charge in [-0.05, 0) is 43.6 Å². The second-order valence-electron chi connectivity index (χ2n) is 5.54. The van der Waals surface area contributed by atoms with Crippen molar-refractivity contribution in [1.29, 1.82) is 0 Å². The number of nitrogens with one attached hydrogen (secondary N) is 1. The van der Waals surface area contributed by atoms with E-state index in [1.807, 2.05) is 11.3 Å². The smallest absolute Gasteiger partial charge is 0.0535 e. The molecule has 1 saturated carbocycles. The summed E-state index contributed by atoms with van der Waals surface area (Å²) in [4.78, 5) is 1.52. The van der Waals surface area contributed by atoms with Crippen LogP contribution >= 0.6 is 11.3 Å². The van der Waals surface area contributed by atoms with Crippen molar-refractivity contribution < 1.29 is 4.74 Å². The minimum atomic E-state index is 0.409. The van der Waals surface area contributed by atoms with Gasteiger partial charge in [-0.1, -0.05) is 6.07 Å². The fourth-order valence-corrected chi connectivity index (χ4v) is 3.27. The van der Waals surface area contributed by atoms with Gasteiger partial charge in [0.25, 0.3) is 0 Å². The molecule has 0 aromatic carbocycles. The lowest BCUT2D eigenvalue weighted by molar-refractivity contribution is 0.144. The topological polar surface area (TPSA) is 21.3 Å². The maximum atomic E-state index is 5.65. The summed E-state index contributed by atoms with van der Waals surface area (Å²) in [6.45, 7) is 3.07. The SMILES string of the molecule is c1csc(CCC2(CNC3CC3)CCOC2)c1. The molecule has 1 saturated heterocycles. The van der Waals surface area contributed by atoms with Crippen molar-refractivity contribution in [2.45, 2.75) is 38.1 Å². The van der Waals surface area contributed by atoms with Crippen molar-refractivity contribution in [2.24, 2.45) is 5.41 Å². The van der Waals surface area contributed by atoms with Crippen molar-refractivity contribution in [3.05, 3.63) is 22.4 Å². The van der Waals surface area contributed by atoms with Gasteiger partial charge in [0.1, 0.15) is 0 Å². The van der Waals surface area contributed by atoms with Gasteiger partial charge in [0.05, 0.1) is 6.61 Å². The number of hydrogen-bond donors (Lipinski definition) is 1. The molecule has 1 N–H and O–H groups in total. The first kappa shape index (κ1) is 11.7. The third-order valence-corrected chi connectivity index (χ3v) is 4.95. The van der Waals surface area contributed by atoms with Crippen molar-refractivity contribution in [1.82, 2.24) is 5.32 Å². The molecule has 0 spiro atoms. The summed E-state index contributed by atoms with van der Waals surface area (Å²) in [6, 6.07) is 5.22. The average molecular weight is 251 g/mol. The van der Waals surface area contributed by atoms with Gasteiger partial charge in [-0.2, -0.15) is 0 Å². The Morgan fingerprint density at radius 2 is 2.41 bits per heavy atom. The lowest BCUT2D eigenvalue weighted by Gasteiger charge is -2.27. The largest absolute Gasteiger partial charge is 0.381 e. The maximum absolute atomic E-state index is 5.65. The van der Waals surface area contributed by atoms with Gasteiger partial charge >= 0.3 is 0 Å². The van der Waals surface area contributed by atoms with Crippen molar-refractivity contribution >= 4 is 11.3 Å². The van der Waals surface area contributed by atoms with Crippen LogP contribution in [-0.4, -0.2) is 25.8 Å². The third-order valence-electron chi connectivity index (χ3n) is 4.01. The fourth-order valence-electron chi connectivity index (χ4n) is 2.57. The molecule has 1 unspecified atom stereocenters. The molecule has 0 bridgehead atoms. The Morgan fingerprint density at radius 3 is 3.06 bits per heavy atom. The monoisotopic (exact) mass is 251 g/mol. The van der Waals surface area contributed by atoms with Crippen LogP contribution in [0.5, 0.6) is 0 Å². The highest BCUT2D eigenvalue weighted by atomic mass is 32.1. The van der Waals surface area contributed by atoms with Gasteiger partial charge < -0.3 is 10.1 Å². The van der Waals surface area contributed by atoms with Crippen LogP contribution in [0.4, 0.5) is 0 Å². The van der Waals surface area contributed by atoms with E-state index in [0.29, 0.717) is 5.41 Å².